The van der Waals surface area contributed by atoms with Crippen molar-refractivity contribution in [1.82, 2.24) is 5.32 Å². The molecule has 0 saturated heterocycles. The number of nitrogen functional groups attached to an aromatic ring is 1. The van der Waals surface area contributed by atoms with Gasteiger partial charge in [-0.3, -0.25) is 0 Å². The molecule has 0 radical (unpaired) electrons. The van der Waals surface area contributed by atoms with Crippen LogP contribution in [0.3, 0.4) is 0 Å². The number of nitrogens with two attached hydrogens (primary N) is 1. The third-order valence-electron chi connectivity index (χ3n) is 4.34. The van der Waals surface area contributed by atoms with E-state index in [1.165, 1.54) is 16.7 Å². The summed E-state index contributed by atoms with van der Waals surface area (Å²) in [5.41, 5.74) is 10.6. The van der Waals surface area contributed by atoms with Gasteiger partial charge in [0.15, 0.2) is 0 Å². The van der Waals surface area contributed by atoms with Crippen LogP contribution in [-0.4, -0.2) is 0 Å². The van der Waals surface area contributed by atoms with E-state index in [-0.39, 0.29) is 6.04 Å². The third-order valence-corrected chi connectivity index (χ3v) is 5.57. The van der Waals surface area contributed by atoms with Gasteiger partial charge in [0.1, 0.15) is 0 Å². The maximum atomic E-state index is 5.86. The van der Waals surface area contributed by atoms with Crippen LogP contribution in [0.25, 0.3) is 0 Å². The summed E-state index contributed by atoms with van der Waals surface area (Å²) in [6.07, 6.45) is 1.03. The lowest BCUT2D eigenvalue weighted by Crippen LogP contribution is -2.22. The van der Waals surface area contributed by atoms with Crippen molar-refractivity contribution in [3.05, 3.63) is 102 Å². The lowest BCUT2D eigenvalue weighted by molar-refractivity contribution is 0.500. The van der Waals surface area contributed by atoms with Crippen LogP contribution in [0, 0.1) is 0 Å². The number of hydrogen-bond donors (Lipinski definition) is 2. The van der Waals surface area contributed by atoms with E-state index < -0.39 is 0 Å². The van der Waals surface area contributed by atoms with Gasteiger partial charge in [-0.25, -0.2) is 0 Å². The summed E-state index contributed by atoms with van der Waals surface area (Å²) in [5.74, 6) is 0. The van der Waals surface area contributed by atoms with E-state index in [9.17, 15) is 0 Å². The number of hydrogen-bond acceptors (Lipinski definition) is 2. The van der Waals surface area contributed by atoms with Crippen LogP contribution < -0.4 is 11.1 Å². The Balaban J connectivity index is 1.75. The fourth-order valence-electron chi connectivity index (χ4n) is 2.91. The van der Waals surface area contributed by atoms with E-state index in [4.69, 9.17) is 5.73 Å². The van der Waals surface area contributed by atoms with Gasteiger partial charge < -0.3 is 11.1 Å². The van der Waals surface area contributed by atoms with Crippen molar-refractivity contribution in [2.24, 2.45) is 0 Å². The molecule has 3 rings (SSSR count). The van der Waals surface area contributed by atoms with Gasteiger partial charge in [0.05, 0.1) is 0 Å². The van der Waals surface area contributed by atoms with Gasteiger partial charge in [-0.05, 0) is 35.2 Å². The number of anilines is 1. The standard InChI is InChI=1S/C22H23IN2/c23-21(18-9-5-2-6-10-18)15-22(19-11-13-20(24)14-12-19)25-16-17-7-3-1-4-8-17/h1-14,21-22,25H,15-16,24H2. The zero-order chi connectivity index (χ0) is 17.5. The van der Waals surface area contributed by atoms with Crippen molar-refractivity contribution in [3.8, 4) is 0 Å². The third kappa shape index (κ3) is 5.31. The summed E-state index contributed by atoms with van der Waals surface area (Å²) in [5, 5.41) is 3.73. The molecular formula is C22H23IN2. The largest absolute Gasteiger partial charge is 0.399 e. The Morgan fingerprint density at radius 3 is 2.00 bits per heavy atom. The Morgan fingerprint density at radius 1 is 0.760 bits per heavy atom. The molecule has 2 atom stereocenters. The minimum absolute atomic E-state index is 0.280. The minimum atomic E-state index is 0.280. The molecule has 0 aliphatic rings. The molecule has 25 heavy (non-hydrogen) atoms. The van der Waals surface area contributed by atoms with Crippen molar-refractivity contribution in [1.29, 1.82) is 0 Å². The maximum Gasteiger partial charge on any atom is 0.0377 e. The van der Waals surface area contributed by atoms with E-state index in [2.05, 4.69) is 101 Å². The predicted molar refractivity (Wildman–Crippen MR) is 115 cm³/mol. The molecule has 0 spiro atoms. The molecule has 128 valence electrons. The number of rotatable bonds is 7. The van der Waals surface area contributed by atoms with Crippen LogP contribution in [0.15, 0.2) is 84.9 Å². The second kappa shape index (κ2) is 9.02. The zero-order valence-electron chi connectivity index (χ0n) is 14.1. The molecular weight excluding hydrogens is 419 g/mol. The van der Waals surface area contributed by atoms with Crippen molar-refractivity contribution >= 4 is 28.3 Å². The van der Waals surface area contributed by atoms with Crippen molar-refractivity contribution in [2.45, 2.75) is 22.9 Å². The lowest BCUT2D eigenvalue weighted by atomic mass is 9.98. The Labute approximate surface area is 163 Å². The van der Waals surface area contributed by atoms with Crippen LogP contribution in [0.2, 0.25) is 0 Å². The molecule has 0 heterocycles. The molecule has 3 aromatic carbocycles. The van der Waals surface area contributed by atoms with E-state index in [1.54, 1.807) is 0 Å². The van der Waals surface area contributed by atoms with Gasteiger partial charge in [0, 0.05) is 22.2 Å². The van der Waals surface area contributed by atoms with Crippen molar-refractivity contribution < 1.29 is 0 Å². The highest BCUT2D eigenvalue weighted by Crippen LogP contribution is 2.33. The van der Waals surface area contributed by atoms with Gasteiger partial charge in [0.25, 0.3) is 0 Å². The molecule has 2 unspecified atom stereocenters. The summed E-state index contributed by atoms with van der Waals surface area (Å²) in [4.78, 5) is 0. The fourth-order valence-corrected chi connectivity index (χ4v) is 3.83. The molecule has 3 N–H and O–H groups in total. The molecule has 0 aliphatic carbocycles. The fraction of sp³-hybridized carbons (Fsp3) is 0.182. The Morgan fingerprint density at radius 2 is 1.36 bits per heavy atom. The van der Waals surface area contributed by atoms with Crippen LogP contribution in [0.1, 0.15) is 33.1 Å². The number of nitrogens with one attached hydrogen (secondary N) is 1. The van der Waals surface area contributed by atoms with Crippen molar-refractivity contribution in [3.63, 3.8) is 0 Å². The van der Waals surface area contributed by atoms with Crippen LogP contribution in [0.4, 0.5) is 5.69 Å². The van der Waals surface area contributed by atoms with E-state index in [0.29, 0.717) is 3.92 Å². The Kier molecular flexibility index (Phi) is 6.48. The minimum Gasteiger partial charge on any atom is -0.399 e. The molecule has 3 heteroatoms. The molecule has 0 saturated carbocycles. The zero-order valence-corrected chi connectivity index (χ0v) is 16.3. The molecule has 0 aromatic heterocycles. The Hall–Kier alpha value is -1.85. The highest BCUT2D eigenvalue weighted by atomic mass is 127. The van der Waals surface area contributed by atoms with E-state index >= 15 is 0 Å². The average Bonchev–Trinajstić information content (AvgIpc) is 2.67. The monoisotopic (exact) mass is 442 g/mol. The van der Waals surface area contributed by atoms with Gasteiger partial charge in [-0.1, -0.05) is 95.4 Å². The van der Waals surface area contributed by atoms with Gasteiger partial charge in [0.2, 0.25) is 0 Å². The smallest absolute Gasteiger partial charge is 0.0377 e. The molecule has 0 aliphatic heterocycles. The molecule has 0 fully saturated rings. The van der Waals surface area contributed by atoms with Gasteiger partial charge in [-0.2, -0.15) is 0 Å². The summed E-state index contributed by atoms with van der Waals surface area (Å²) < 4.78 is 0.449. The normalized spacial score (nSPS) is 13.3. The maximum absolute atomic E-state index is 5.86. The first-order valence-electron chi connectivity index (χ1n) is 8.54. The lowest BCUT2D eigenvalue weighted by Gasteiger charge is -2.23. The summed E-state index contributed by atoms with van der Waals surface area (Å²) in [6.45, 7) is 0.855. The molecule has 2 nitrogen and oxygen atoms in total. The van der Waals surface area contributed by atoms with Crippen LogP contribution in [0.5, 0.6) is 0 Å². The predicted octanol–water partition coefficient (Wildman–Crippen LogP) is 5.67. The SMILES string of the molecule is Nc1ccc(C(CC(I)c2ccccc2)NCc2ccccc2)cc1. The highest BCUT2D eigenvalue weighted by Gasteiger charge is 2.17. The summed E-state index contributed by atoms with van der Waals surface area (Å²) in [6, 6.07) is 29.7. The topological polar surface area (TPSA) is 38.0 Å². The number of benzene rings is 3. The van der Waals surface area contributed by atoms with Crippen molar-refractivity contribution in [2.75, 3.05) is 5.73 Å². The van der Waals surface area contributed by atoms with Gasteiger partial charge in [-0.15, -0.1) is 0 Å². The molecule has 0 amide bonds. The second-order valence-electron chi connectivity index (χ2n) is 6.20. The quantitative estimate of drug-likeness (QED) is 0.281. The summed E-state index contributed by atoms with van der Waals surface area (Å²) in [7, 11) is 0. The first-order valence-corrected chi connectivity index (χ1v) is 9.78. The highest BCUT2D eigenvalue weighted by molar-refractivity contribution is 14.1. The first-order chi connectivity index (χ1) is 12.2. The second-order valence-corrected chi connectivity index (χ2v) is 7.70. The van der Waals surface area contributed by atoms with E-state index in [0.717, 1.165) is 18.7 Å². The molecule has 0 bridgehead atoms. The van der Waals surface area contributed by atoms with Crippen LogP contribution >= 0.6 is 22.6 Å². The Bertz CT molecular complexity index is 757. The van der Waals surface area contributed by atoms with E-state index in [1.807, 2.05) is 12.1 Å². The number of alkyl halides is 1. The van der Waals surface area contributed by atoms with Gasteiger partial charge >= 0.3 is 0 Å². The first kappa shape index (κ1) is 18.0. The van der Waals surface area contributed by atoms with Crippen LogP contribution in [-0.2, 0) is 6.54 Å². The average molecular weight is 442 g/mol. The molecule has 3 aromatic rings. The number of halogens is 1. The summed E-state index contributed by atoms with van der Waals surface area (Å²) >= 11 is 2.55.